The largest absolute Gasteiger partial charge is 0.455 e. The van der Waals surface area contributed by atoms with Crippen LogP contribution in [0.3, 0.4) is 0 Å². The molecule has 3 nitrogen and oxygen atoms in total. The van der Waals surface area contributed by atoms with Crippen LogP contribution in [-0.4, -0.2) is 12.0 Å². The first-order valence-electron chi connectivity index (χ1n) is 5.41. The molecule has 1 aromatic carbocycles. The van der Waals surface area contributed by atoms with Gasteiger partial charge in [0.25, 0.3) is 0 Å². The summed E-state index contributed by atoms with van der Waals surface area (Å²) in [6.07, 6.45) is 3.16. The van der Waals surface area contributed by atoms with E-state index in [9.17, 15) is 0 Å². The number of aromatic nitrogens is 1. The van der Waals surface area contributed by atoms with Crippen LogP contribution in [-0.2, 0) is 6.54 Å². The van der Waals surface area contributed by atoms with Gasteiger partial charge in [-0.15, -0.1) is 0 Å². The van der Waals surface area contributed by atoms with Crippen molar-refractivity contribution in [3.8, 4) is 11.5 Å². The highest BCUT2D eigenvalue weighted by Crippen LogP contribution is 2.30. The van der Waals surface area contributed by atoms with Gasteiger partial charge in [0.15, 0.2) is 0 Å². The SMILES string of the molecule is CNCc1c(Cl)cccc1Oc1cncc(Cl)c1. The number of pyridine rings is 1. The van der Waals surface area contributed by atoms with Gasteiger partial charge in [0.05, 0.1) is 11.2 Å². The third-order valence-corrected chi connectivity index (χ3v) is 2.90. The van der Waals surface area contributed by atoms with E-state index in [-0.39, 0.29) is 0 Å². The van der Waals surface area contributed by atoms with Gasteiger partial charge >= 0.3 is 0 Å². The first-order valence-corrected chi connectivity index (χ1v) is 6.16. The molecule has 18 heavy (non-hydrogen) atoms. The molecule has 94 valence electrons. The van der Waals surface area contributed by atoms with Crippen LogP contribution >= 0.6 is 23.2 Å². The minimum atomic E-state index is 0.532. The van der Waals surface area contributed by atoms with E-state index in [1.54, 1.807) is 18.5 Å². The molecule has 0 unspecified atom stereocenters. The van der Waals surface area contributed by atoms with Crippen molar-refractivity contribution < 1.29 is 4.74 Å². The van der Waals surface area contributed by atoms with Gasteiger partial charge in [-0.25, -0.2) is 0 Å². The zero-order valence-corrected chi connectivity index (χ0v) is 11.3. The topological polar surface area (TPSA) is 34.1 Å². The van der Waals surface area contributed by atoms with E-state index in [2.05, 4.69) is 10.3 Å². The lowest BCUT2D eigenvalue weighted by molar-refractivity contribution is 0.472. The van der Waals surface area contributed by atoms with Crippen molar-refractivity contribution in [1.82, 2.24) is 10.3 Å². The van der Waals surface area contributed by atoms with Crippen molar-refractivity contribution in [3.05, 3.63) is 52.3 Å². The van der Waals surface area contributed by atoms with E-state index < -0.39 is 0 Å². The molecule has 0 radical (unpaired) electrons. The summed E-state index contributed by atoms with van der Waals surface area (Å²) in [6, 6.07) is 7.24. The summed E-state index contributed by atoms with van der Waals surface area (Å²) >= 11 is 12.0. The van der Waals surface area contributed by atoms with Gasteiger partial charge in [0, 0.05) is 29.4 Å². The van der Waals surface area contributed by atoms with Crippen molar-refractivity contribution in [1.29, 1.82) is 0 Å². The highest BCUT2D eigenvalue weighted by atomic mass is 35.5. The molecule has 2 aromatic rings. The lowest BCUT2D eigenvalue weighted by Crippen LogP contribution is -2.07. The Kier molecular flexibility index (Phi) is 4.42. The molecule has 0 saturated carbocycles. The van der Waals surface area contributed by atoms with Crippen LogP contribution in [0, 0.1) is 0 Å². The summed E-state index contributed by atoms with van der Waals surface area (Å²) in [7, 11) is 1.86. The van der Waals surface area contributed by atoms with E-state index in [0.717, 1.165) is 5.56 Å². The molecule has 1 heterocycles. The maximum Gasteiger partial charge on any atom is 0.147 e. The predicted octanol–water partition coefficient (Wildman–Crippen LogP) is 3.90. The molecule has 0 amide bonds. The van der Waals surface area contributed by atoms with Crippen molar-refractivity contribution in [2.45, 2.75) is 6.54 Å². The van der Waals surface area contributed by atoms with E-state index >= 15 is 0 Å². The van der Waals surface area contributed by atoms with E-state index in [4.69, 9.17) is 27.9 Å². The van der Waals surface area contributed by atoms with Gasteiger partial charge in [0.2, 0.25) is 0 Å². The second-order valence-electron chi connectivity index (χ2n) is 3.69. The molecular formula is C13H12Cl2N2O. The van der Waals surface area contributed by atoms with E-state index in [1.165, 1.54) is 0 Å². The molecule has 1 N–H and O–H groups in total. The van der Waals surface area contributed by atoms with Crippen LogP contribution in [0.2, 0.25) is 10.0 Å². The molecule has 0 fully saturated rings. The Morgan fingerprint density at radius 2 is 2.11 bits per heavy atom. The summed E-state index contributed by atoms with van der Waals surface area (Å²) in [5, 5.41) is 4.25. The third-order valence-electron chi connectivity index (χ3n) is 2.34. The van der Waals surface area contributed by atoms with Crippen LogP contribution < -0.4 is 10.1 Å². The van der Waals surface area contributed by atoms with Crippen molar-refractivity contribution in [2.24, 2.45) is 0 Å². The van der Waals surface area contributed by atoms with Gasteiger partial charge < -0.3 is 10.1 Å². The van der Waals surface area contributed by atoms with Crippen molar-refractivity contribution in [2.75, 3.05) is 7.05 Å². The Balaban J connectivity index is 2.31. The number of hydrogen-bond acceptors (Lipinski definition) is 3. The Morgan fingerprint density at radius 3 is 2.83 bits per heavy atom. The Bertz CT molecular complexity index is 546. The number of nitrogens with zero attached hydrogens (tertiary/aromatic N) is 1. The molecule has 0 aliphatic heterocycles. The number of rotatable bonds is 4. The summed E-state index contributed by atoms with van der Waals surface area (Å²) in [5.41, 5.74) is 0.904. The molecule has 0 saturated heterocycles. The molecule has 0 atom stereocenters. The molecule has 2 rings (SSSR count). The molecule has 0 aliphatic rings. The second kappa shape index (κ2) is 6.05. The minimum absolute atomic E-state index is 0.532. The average molecular weight is 283 g/mol. The van der Waals surface area contributed by atoms with Crippen LogP contribution in [0.25, 0.3) is 0 Å². The van der Waals surface area contributed by atoms with E-state index in [0.29, 0.717) is 28.1 Å². The Labute approximate surface area is 116 Å². The molecule has 1 aromatic heterocycles. The first kappa shape index (κ1) is 13.1. The van der Waals surface area contributed by atoms with Crippen LogP contribution in [0.1, 0.15) is 5.56 Å². The number of ether oxygens (including phenoxy) is 1. The summed E-state index contributed by atoms with van der Waals surface area (Å²) in [6.45, 7) is 0.628. The van der Waals surface area contributed by atoms with Crippen molar-refractivity contribution >= 4 is 23.2 Å². The Hall–Kier alpha value is -1.29. The van der Waals surface area contributed by atoms with Gasteiger partial charge in [-0.05, 0) is 19.2 Å². The van der Waals surface area contributed by atoms with Gasteiger partial charge in [0.1, 0.15) is 11.5 Å². The zero-order valence-electron chi connectivity index (χ0n) is 9.78. The fourth-order valence-electron chi connectivity index (χ4n) is 1.56. The van der Waals surface area contributed by atoms with E-state index in [1.807, 2.05) is 25.2 Å². The monoisotopic (exact) mass is 282 g/mol. The molecule has 5 heteroatoms. The van der Waals surface area contributed by atoms with Crippen LogP contribution in [0.5, 0.6) is 11.5 Å². The lowest BCUT2D eigenvalue weighted by Gasteiger charge is -2.12. The molecule has 0 aliphatic carbocycles. The summed E-state index contributed by atoms with van der Waals surface area (Å²) < 4.78 is 5.75. The van der Waals surface area contributed by atoms with Gasteiger partial charge in [-0.2, -0.15) is 0 Å². The normalized spacial score (nSPS) is 10.4. The molecule has 0 bridgehead atoms. The lowest BCUT2D eigenvalue weighted by atomic mass is 10.2. The third kappa shape index (κ3) is 3.13. The summed E-state index contributed by atoms with van der Waals surface area (Å²) in [5.74, 6) is 1.28. The average Bonchev–Trinajstić information content (AvgIpc) is 2.34. The smallest absolute Gasteiger partial charge is 0.147 e. The van der Waals surface area contributed by atoms with Crippen LogP contribution in [0.4, 0.5) is 0 Å². The molecular weight excluding hydrogens is 271 g/mol. The fourth-order valence-corrected chi connectivity index (χ4v) is 1.95. The number of halogens is 2. The maximum atomic E-state index is 6.14. The fraction of sp³-hybridized carbons (Fsp3) is 0.154. The first-order chi connectivity index (χ1) is 8.70. The number of benzene rings is 1. The highest BCUT2D eigenvalue weighted by Gasteiger charge is 2.08. The predicted molar refractivity (Wildman–Crippen MR) is 73.5 cm³/mol. The molecule has 0 spiro atoms. The highest BCUT2D eigenvalue weighted by molar-refractivity contribution is 6.31. The maximum absolute atomic E-state index is 6.14. The van der Waals surface area contributed by atoms with Crippen molar-refractivity contribution in [3.63, 3.8) is 0 Å². The van der Waals surface area contributed by atoms with Gasteiger partial charge in [-0.3, -0.25) is 4.98 Å². The van der Waals surface area contributed by atoms with Crippen LogP contribution in [0.15, 0.2) is 36.7 Å². The zero-order chi connectivity index (χ0) is 13.0. The standard InChI is InChI=1S/C13H12Cl2N2O/c1-16-8-11-12(15)3-2-4-13(11)18-10-5-9(14)6-17-7-10/h2-7,16H,8H2,1H3. The Morgan fingerprint density at radius 1 is 1.28 bits per heavy atom. The number of nitrogens with one attached hydrogen (secondary N) is 1. The van der Waals surface area contributed by atoms with Gasteiger partial charge in [-0.1, -0.05) is 29.3 Å². The number of hydrogen-bond donors (Lipinski definition) is 1. The summed E-state index contributed by atoms with van der Waals surface area (Å²) in [4.78, 5) is 3.97. The quantitative estimate of drug-likeness (QED) is 0.924. The second-order valence-corrected chi connectivity index (χ2v) is 4.53. The minimum Gasteiger partial charge on any atom is -0.455 e.